The van der Waals surface area contributed by atoms with Crippen LogP contribution in [0.3, 0.4) is 0 Å². The van der Waals surface area contributed by atoms with Crippen LogP contribution in [0.15, 0.2) is 0 Å². The maximum atomic E-state index is 10.4. The fraction of sp³-hybridized carbons (Fsp3) is 1.00. The molecule has 13 heavy (non-hydrogen) atoms. The van der Waals surface area contributed by atoms with Crippen LogP contribution >= 0.6 is 0 Å². The average Bonchev–Trinajstić information content (AvgIpc) is 2.81. The van der Waals surface area contributed by atoms with Crippen molar-refractivity contribution in [1.82, 2.24) is 0 Å². The Kier molecular flexibility index (Phi) is 2.18. The summed E-state index contributed by atoms with van der Waals surface area (Å²) in [6, 6.07) is 0. The predicted octanol–water partition coefficient (Wildman–Crippen LogP) is 3.12. The van der Waals surface area contributed by atoms with Gasteiger partial charge < -0.3 is 5.11 Å². The quantitative estimate of drug-likeness (QED) is 0.618. The van der Waals surface area contributed by atoms with Crippen LogP contribution in [0.2, 0.25) is 0 Å². The third-order valence-electron chi connectivity index (χ3n) is 4.04. The van der Waals surface area contributed by atoms with Gasteiger partial charge in [-0.05, 0) is 49.9 Å². The monoisotopic (exact) mass is 182 g/mol. The van der Waals surface area contributed by atoms with Gasteiger partial charge in [-0.2, -0.15) is 0 Å². The summed E-state index contributed by atoms with van der Waals surface area (Å²) in [6.45, 7) is 4.68. The molecule has 0 saturated heterocycles. The van der Waals surface area contributed by atoms with Gasteiger partial charge in [0, 0.05) is 0 Å². The highest BCUT2D eigenvalue weighted by molar-refractivity contribution is 4.97. The fourth-order valence-corrected chi connectivity index (χ4v) is 2.71. The summed E-state index contributed by atoms with van der Waals surface area (Å²) in [5, 5.41) is 10.4. The van der Waals surface area contributed by atoms with Crippen LogP contribution in [-0.4, -0.2) is 10.7 Å². The van der Waals surface area contributed by atoms with E-state index < -0.39 is 0 Å². The van der Waals surface area contributed by atoms with Crippen molar-refractivity contribution < 1.29 is 5.11 Å². The molecule has 2 saturated carbocycles. The lowest BCUT2D eigenvalue weighted by Crippen LogP contribution is -2.30. The maximum absolute atomic E-state index is 10.4. The van der Waals surface area contributed by atoms with Crippen molar-refractivity contribution in [1.29, 1.82) is 0 Å². The van der Waals surface area contributed by atoms with E-state index >= 15 is 0 Å². The first-order valence-corrected chi connectivity index (χ1v) is 5.74. The second-order valence-electron chi connectivity index (χ2n) is 5.90. The molecule has 0 aromatic rings. The molecule has 1 nitrogen and oxygen atoms in total. The van der Waals surface area contributed by atoms with E-state index in [2.05, 4.69) is 13.8 Å². The minimum absolute atomic E-state index is 0.270. The first-order valence-electron chi connectivity index (χ1n) is 5.74. The first kappa shape index (κ1) is 9.51. The molecule has 2 aliphatic rings. The predicted molar refractivity (Wildman–Crippen MR) is 54.5 cm³/mol. The van der Waals surface area contributed by atoms with Crippen LogP contribution in [0.25, 0.3) is 0 Å². The SMILES string of the molecule is CC1(C)CCCC(O)(C2CC2)CC1. The molecule has 0 aliphatic heterocycles. The highest BCUT2D eigenvalue weighted by Crippen LogP contribution is 2.49. The second kappa shape index (κ2) is 2.98. The van der Waals surface area contributed by atoms with Crippen LogP contribution in [0.4, 0.5) is 0 Å². The molecule has 2 rings (SSSR count). The molecule has 0 heterocycles. The Balaban J connectivity index is 2.00. The van der Waals surface area contributed by atoms with Gasteiger partial charge in [0.2, 0.25) is 0 Å². The van der Waals surface area contributed by atoms with Gasteiger partial charge in [-0.1, -0.05) is 20.3 Å². The summed E-state index contributed by atoms with van der Waals surface area (Å²) in [4.78, 5) is 0. The molecule has 76 valence electrons. The Labute approximate surface area is 81.5 Å². The Hall–Kier alpha value is -0.0400. The lowest BCUT2D eigenvalue weighted by atomic mass is 9.83. The Bertz CT molecular complexity index is 193. The van der Waals surface area contributed by atoms with Crippen molar-refractivity contribution in [3.8, 4) is 0 Å². The van der Waals surface area contributed by atoms with Crippen LogP contribution in [0, 0.1) is 11.3 Å². The number of rotatable bonds is 1. The van der Waals surface area contributed by atoms with E-state index in [1.807, 2.05) is 0 Å². The van der Waals surface area contributed by atoms with Gasteiger partial charge in [-0.3, -0.25) is 0 Å². The van der Waals surface area contributed by atoms with Crippen molar-refractivity contribution in [3.63, 3.8) is 0 Å². The zero-order valence-electron chi connectivity index (χ0n) is 8.97. The van der Waals surface area contributed by atoms with Gasteiger partial charge in [0.05, 0.1) is 5.60 Å². The Morgan fingerprint density at radius 3 is 2.31 bits per heavy atom. The van der Waals surface area contributed by atoms with Crippen molar-refractivity contribution in [2.45, 2.75) is 64.4 Å². The van der Waals surface area contributed by atoms with Crippen molar-refractivity contribution in [2.24, 2.45) is 11.3 Å². The standard InChI is InChI=1S/C12H22O/c1-11(2)6-3-7-12(13,9-8-11)10-4-5-10/h10,13H,3-9H2,1-2H3. The summed E-state index contributed by atoms with van der Waals surface area (Å²) in [7, 11) is 0. The van der Waals surface area contributed by atoms with Crippen molar-refractivity contribution in [2.75, 3.05) is 0 Å². The Morgan fingerprint density at radius 2 is 1.69 bits per heavy atom. The number of aliphatic hydroxyl groups is 1. The minimum Gasteiger partial charge on any atom is -0.390 e. The second-order valence-corrected chi connectivity index (χ2v) is 5.90. The lowest BCUT2D eigenvalue weighted by molar-refractivity contribution is 0.000429. The van der Waals surface area contributed by atoms with Crippen LogP contribution in [0.5, 0.6) is 0 Å². The van der Waals surface area contributed by atoms with E-state index in [1.165, 1.54) is 32.1 Å². The van der Waals surface area contributed by atoms with Crippen molar-refractivity contribution in [3.05, 3.63) is 0 Å². The molecule has 0 spiro atoms. The highest BCUT2D eigenvalue weighted by atomic mass is 16.3. The minimum atomic E-state index is -0.270. The summed E-state index contributed by atoms with van der Waals surface area (Å²) in [6.07, 6.45) is 8.38. The highest BCUT2D eigenvalue weighted by Gasteiger charge is 2.45. The van der Waals surface area contributed by atoms with E-state index in [9.17, 15) is 5.11 Å². The molecule has 1 atom stereocenters. The molecule has 0 aromatic heterocycles. The molecule has 0 radical (unpaired) electrons. The van der Waals surface area contributed by atoms with E-state index in [0.717, 1.165) is 12.8 Å². The zero-order chi connectivity index (χ0) is 9.53. The van der Waals surface area contributed by atoms with Gasteiger partial charge in [0.15, 0.2) is 0 Å². The Morgan fingerprint density at radius 1 is 1.00 bits per heavy atom. The topological polar surface area (TPSA) is 20.2 Å². The van der Waals surface area contributed by atoms with Gasteiger partial charge in [0.25, 0.3) is 0 Å². The first-order chi connectivity index (χ1) is 6.02. The summed E-state index contributed by atoms with van der Waals surface area (Å²) >= 11 is 0. The molecule has 1 heteroatoms. The molecule has 0 bridgehead atoms. The van der Waals surface area contributed by atoms with Crippen LogP contribution in [-0.2, 0) is 0 Å². The lowest BCUT2D eigenvalue weighted by Gasteiger charge is -2.27. The zero-order valence-corrected chi connectivity index (χ0v) is 8.97. The smallest absolute Gasteiger partial charge is 0.0676 e. The third-order valence-corrected chi connectivity index (χ3v) is 4.04. The summed E-state index contributed by atoms with van der Waals surface area (Å²) in [5.41, 5.74) is 0.202. The van der Waals surface area contributed by atoms with E-state index in [4.69, 9.17) is 0 Å². The molecule has 1 unspecified atom stereocenters. The summed E-state index contributed by atoms with van der Waals surface area (Å²) < 4.78 is 0. The summed E-state index contributed by atoms with van der Waals surface area (Å²) in [5.74, 6) is 0.654. The molecule has 2 aliphatic carbocycles. The number of hydrogen-bond acceptors (Lipinski definition) is 1. The van der Waals surface area contributed by atoms with Crippen LogP contribution < -0.4 is 0 Å². The van der Waals surface area contributed by atoms with E-state index in [1.54, 1.807) is 0 Å². The number of hydrogen-bond donors (Lipinski definition) is 1. The van der Waals surface area contributed by atoms with Gasteiger partial charge in [0.1, 0.15) is 0 Å². The van der Waals surface area contributed by atoms with Gasteiger partial charge >= 0.3 is 0 Å². The third kappa shape index (κ3) is 2.07. The molecular weight excluding hydrogens is 160 g/mol. The fourth-order valence-electron chi connectivity index (χ4n) is 2.71. The molecule has 1 N–H and O–H groups in total. The van der Waals surface area contributed by atoms with E-state index in [-0.39, 0.29) is 5.60 Å². The largest absolute Gasteiger partial charge is 0.390 e. The molecular formula is C12H22O. The molecule has 2 fully saturated rings. The van der Waals surface area contributed by atoms with Gasteiger partial charge in [-0.25, -0.2) is 0 Å². The molecule has 0 amide bonds. The van der Waals surface area contributed by atoms with Crippen molar-refractivity contribution >= 4 is 0 Å². The van der Waals surface area contributed by atoms with E-state index in [0.29, 0.717) is 11.3 Å². The van der Waals surface area contributed by atoms with Crippen LogP contribution in [0.1, 0.15) is 58.8 Å². The maximum Gasteiger partial charge on any atom is 0.0676 e. The van der Waals surface area contributed by atoms with Gasteiger partial charge in [-0.15, -0.1) is 0 Å². The normalized spacial score (nSPS) is 39.9. The molecule has 0 aromatic carbocycles. The average molecular weight is 182 g/mol.